The van der Waals surface area contributed by atoms with E-state index < -0.39 is 23.8 Å². The molecule has 0 bridgehead atoms. The van der Waals surface area contributed by atoms with Gasteiger partial charge in [-0.15, -0.1) is 0 Å². The number of carbonyl (C=O) groups is 2. The van der Waals surface area contributed by atoms with E-state index in [9.17, 15) is 14.7 Å². The summed E-state index contributed by atoms with van der Waals surface area (Å²) in [5.74, 6) is -0.664. The van der Waals surface area contributed by atoms with Crippen molar-refractivity contribution in [3.8, 4) is 0 Å². The zero-order valence-corrected chi connectivity index (χ0v) is 12.6. The van der Waals surface area contributed by atoms with Crippen molar-refractivity contribution in [1.82, 2.24) is 0 Å². The van der Waals surface area contributed by atoms with Crippen LogP contribution in [-0.2, 0) is 9.53 Å². The number of hydrogen-bond acceptors (Lipinski definition) is 4. The summed E-state index contributed by atoms with van der Waals surface area (Å²) in [5.41, 5.74) is 4.26. The van der Waals surface area contributed by atoms with E-state index in [2.05, 4.69) is 4.74 Å². The predicted octanol–water partition coefficient (Wildman–Crippen LogP) is 2.28. The lowest BCUT2D eigenvalue weighted by Crippen LogP contribution is -2.27. The van der Waals surface area contributed by atoms with E-state index in [0.717, 1.165) is 25.7 Å². The third-order valence-corrected chi connectivity index (χ3v) is 2.98. The SMILES string of the molecule is CC(C)(C)OC(N)=O.O=C(O)CC(O)C1CCCCC1. The highest BCUT2D eigenvalue weighted by Crippen LogP contribution is 2.27. The molecule has 118 valence electrons. The van der Waals surface area contributed by atoms with Gasteiger partial charge in [-0.25, -0.2) is 4.79 Å². The first-order valence-electron chi connectivity index (χ1n) is 7.00. The van der Waals surface area contributed by atoms with Gasteiger partial charge in [0.2, 0.25) is 0 Å². The lowest BCUT2D eigenvalue weighted by atomic mass is 9.84. The van der Waals surface area contributed by atoms with Crippen LogP contribution < -0.4 is 5.73 Å². The number of aliphatic hydroxyl groups is 1. The van der Waals surface area contributed by atoms with Crippen LogP contribution >= 0.6 is 0 Å². The Balaban J connectivity index is 0.000000396. The number of nitrogens with two attached hydrogens (primary N) is 1. The summed E-state index contributed by atoms with van der Waals surface area (Å²) in [7, 11) is 0. The maximum Gasteiger partial charge on any atom is 0.405 e. The van der Waals surface area contributed by atoms with Gasteiger partial charge in [0, 0.05) is 0 Å². The molecule has 4 N–H and O–H groups in total. The molecule has 6 nitrogen and oxygen atoms in total. The van der Waals surface area contributed by atoms with Gasteiger partial charge in [0.25, 0.3) is 0 Å². The van der Waals surface area contributed by atoms with Crippen LogP contribution in [0, 0.1) is 5.92 Å². The van der Waals surface area contributed by atoms with Gasteiger partial charge in [-0.05, 0) is 39.5 Å². The molecule has 1 amide bonds. The average Bonchev–Trinajstić information content (AvgIpc) is 2.26. The minimum Gasteiger partial charge on any atom is -0.481 e. The standard InChI is InChI=1S/C9H16O3.C5H11NO2/c10-8(6-9(11)12)7-4-2-1-3-5-7;1-5(2,3)8-4(6)7/h7-8,10H,1-6H2,(H,11,12);1-3H3,(H2,6,7). The van der Waals surface area contributed by atoms with Crippen molar-refractivity contribution >= 4 is 12.1 Å². The predicted molar refractivity (Wildman–Crippen MR) is 75.3 cm³/mol. The fraction of sp³-hybridized carbons (Fsp3) is 0.857. The number of aliphatic hydroxyl groups excluding tert-OH is 1. The van der Waals surface area contributed by atoms with Crippen molar-refractivity contribution in [2.75, 3.05) is 0 Å². The average molecular weight is 289 g/mol. The van der Waals surface area contributed by atoms with E-state index in [0.29, 0.717) is 0 Å². The van der Waals surface area contributed by atoms with Crippen LogP contribution in [0.2, 0.25) is 0 Å². The summed E-state index contributed by atoms with van der Waals surface area (Å²) >= 11 is 0. The van der Waals surface area contributed by atoms with Crippen LogP contribution in [-0.4, -0.2) is 34.0 Å². The number of ether oxygens (including phenoxy) is 1. The monoisotopic (exact) mass is 289 g/mol. The number of rotatable bonds is 3. The molecule has 0 aromatic rings. The highest BCUT2D eigenvalue weighted by Gasteiger charge is 2.23. The molecule has 0 spiro atoms. The number of carboxylic acids is 1. The van der Waals surface area contributed by atoms with Crippen molar-refractivity contribution in [2.45, 2.75) is 71.0 Å². The third kappa shape index (κ3) is 10.6. The molecule has 0 aromatic heterocycles. The molecule has 1 aliphatic rings. The molecule has 1 atom stereocenters. The summed E-state index contributed by atoms with van der Waals surface area (Å²) in [6.45, 7) is 5.28. The van der Waals surface area contributed by atoms with E-state index in [4.69, 9.17) is 10.8 Å². The molecule has 0 saturated heterocycles. The van der Waals surface area contributed by atoms with Gasteiger partial charge in [-0.3, -0.25) is 4.79 Å². The van der Waals surface area contributed by atoms with Crippen LogP contribution in [0.25, 0.3) is 0 Å². The van der Waals surface area contributed by atoms with Crippen molar-refractivity contribution < 1.29 is 24.5 Å². The van der Waals surface area contributed by atoms with Crippen molar-refractivity contribution in [2.24, 2.45) is 11.7 Å². The molecule has 20 heavy (non-hydrogen) atoms. The van der Waals surface area contributed by atoms with E-state index in [-0.39, 0.29) is 12.3 Å². The number of carboxylic acid groups (broad SMARTS) is 1. The van der Waals surface area contributed by atoms with E-state index in [1.54, 1.807) is 20.8 Å². The minimum atomic E-state index is -0.895. The summed E-state index contributed by atoms with van der Waals surface area (Å²) < 4.78 is 4.58. The van der Waals surface area contributed by atoms with Gasteiger partial charge in [0.15, 0.2) is 0 Å². The Kier molecular flexibility index (Phi) is 8.22. The zero-order valence-electron chi connectivity index (χ0n) is 12.6. The Hall–Kier alpha value is -1.30. The second-order valence-electron chi connectivity index (χ2n) is 6.10. The van der Waals surface area contributed by atoms with E-state index >= 15 is 0 Å². The molecule has 1 rings (SSSR count). The van der Waals surface area contributed by atoms with Gasteiger partial charge < -0.3 is 20.7 Å². The van der Waals surface area contributed by atoms with Crippen molar-refractivity contribution in [3.63, 3.8) is 0 Å². The molecular weight excluding hydrogens is 262 g/mol. The van der Waals surface area contributed by atoms with Crippen LogP contribution in [0.15, 0.2) is 0 Å². The number of carbonyl (C=O) groups excluding carboxylic acids is 1. The van der Waals surface area contributed by atoms with Gasteiger partial charge >= 0.3 is 12.1 Å². The van der Waals surface area contributed by atoms with Crippen molar-refractivity contribution in [1.29, 1.82) is 0 Å². The highest BCUT2D eigenvalue weighted by atomic mass is 16.6. The zero-order chi connectivity index (χ0) is 15.8. The number of hydrogen-bond donors (Lipinski definition) is 3. The second kappa shape index (κ2) is 8.79. The number of aliphatic carboxylic acids is 1. The van der Waals surface area contributed by atoms with Crippen LogP contribution in [0.3, 0.4) is 0 Å². The second-order valence-corrected chi connectivity index (χ2v) is 6.10. The Bertz CT molecular complexity index is 305. The summed E-state index contributed by atoms with van der Waals surface area (Å²) in [4.78, 5) is 20.3. The summed E-state index contributed by atoms with van der Waals surface area (Å²) in [6.07, 6.45) is 4.06. The first kappa shape index (κ1) is 18.7. The Morgan fingerprint density at radius 2 is 1.75 bits per heavy atom. The number of amides is 1. The maximum atomic E-state index is 10.3. The largest absolute Gasteiger partial charge is 0.481 e. The fourth-order valence-corrected chi connectivity index (χ4v) is 2.17. The Labute approximate surface area is 120 Å². The molecule has 0 aliphatic heterocycles. The van der Waals surface area contributed by atoms with Crippen LogP contribution in [0.4, 0.5) is 4.79 Å². The smallest absolute Gasteiger partial charge is 0.405 e. The molecule has 1 aliphatic carbocycles. The highest BCUT2D eigenvalue weighted by molar-refractivity contribution is 5.67. The quantitative estimate of drug-likeness (QED) is 0.738. The first-order valence-corrected chi connectivity index (χ1v) is 7.00. The van der Waals surface area contributed by atoms with Gasteiger partial charge in [-0.2, -0.15) is 0 Å². The van der Waals surface area contributed by atoms with Crippen LogP contribution in [0.1, 0.15) is 59.3 Å². The minimum absolute atomic E-state index is 0.0926. The van der Waals surface area contributed by atoms with E-state index in [1.165, 1.54) is 6.42 Å². The third-order valence-electron chi connectivity index (χ3n) is 2.98. The van der Waals surface area contributed by atoms with Crippen molar-refractivity contribution in [3.05, 3.63) is 0 Å². The first-order chi connectivity index (χ1) is 9.11. The van der Waals surface area contributed by atoms with Gasteiger partial charge in [0.1, 0.15) is 5.60 Å². The summed E-state index contributed by atoms with van der Waals surface area (Å²) in [5, 5.41) is 17.9. The lowest BCUT2D eigenvalue weighted by Gasteiger charge is -2.25. The summed E-state index contributed by atoms with van der Waals surface area (Å²) in [6, 6.07) is 0. The molecule has 0 radical (unpaired) electrons. The molecule has 6 heteroatoms. The molecule has 1 unspecified atom stereocenters. The van der Waals surface area contributed by atoms with Gasteiger partial charge in [0.05, 0.1) is 12.5 Å². The molecule has 1 fully saturated rings. The molecular formula is C14H27NO5. The maximum absolute atomic E-state index is 10.3. The molecule has 0 aromatic carbocycles. The molecule has 1 saturated carbocycles. The molecule has 0 heterocycles. The topological polar surface area (TPSA) is 110 Å². The normalized spacial score (nSPS) is 17.6. The van der Waals surface area contributed by atoms with Gasteiger partial charge in [-0.1, -0.05) is 19.3 Å². The van der Waals surface area contributed by atoms with Crippen LogP contribution in [0.5, 0.6) is 0 Å². The lowest BCUT2D eigenvalue weighted by molar-refractivity contribution is -0.140. The van der Waals surface area contributed by atoms with E-state index in [1.807, 2.05) is 0 Å². The fourth-order valence-electron chi connectivity index (χ4n) is 2.17. The Morgan fingerprint density at radius 1 is 1.25 bits per heavy atom. The Morgan fingerprint density at radius 3 is 2.05 bits per heavy atom. The number of primary amides is 1.